The van der Waals surface area contributed by atoms with Crippen LogP contribution in [-0.4, -0.2) is 42.8 Å². The Bertz CT molecular complexity index is 941. The highest BCUT2D eigenvalue weighted by Crippen LogP contribution is 2.38. The highest BCUT2D eigenvalue weighted by atomic mass is 16.3. The SMILES string of the molecule is CC[NH+](CC)CCN1C(=O)C(=O)/C(=C(/[O-])c2ccc(C)cc2)C1c1ccc(C)cc1. The van der Waals surface area contributed by atoms with E-state index in [-0.39, 0.29) is 11.3 Å². The standard InChI is InChI=1S/C25H30N2O3/c1-5-26(6-2)15-16-27-22(19-11-7-17(3)8-12-19)21(24(29)25(27)30)23(28)20-13-9-18(4)10-14-20/h7-14,22,28H,5-6,15-16H2,1-4H3/b23-21+. The van der Waals surface area contributed by atoms with Gasteiger partial charge in [0.25, 0.3) is 5.91 Å². The molecule has 3 rings (SSSR count). The van der Waals surface area contributed by atoms with Crippen molar-refractivity contribution in [2.75, 3.05) is 26.2 Å². The first-order valence-corrected chi connectivity index (χ1v) is 10.6. The second-order valence-electron chi connectivity index (χ2n) is 7.96. The van der Waals surface area contributed by atoms with E-state index >= 15 is 0 Å². The van der Waals surface area contributed by atoms with Gasteiger partial charge in [-0.25, -0.2) is 0 Å². The number of rotatable bonds is 7. The number of likely N-dealkylation sites (N-methyl/N-ethyl adjacent to an activating group) is 1. The number of nitrogens with one attached hydrogen (secondary N) is 1. The Morgan fingerprint density at radius 3 is 2.00 bits per heavy atom. The van der Waals surface area contributed by atoms with Crippen molar-refractivity contribution < 1.29 is 19.6 Å². The van der Waals surface area contributed by atoms with Gasteiger partial charge in [-0.2, -0.15) is 0 Å². The number of likely N-dealkylation sites (tertiary alicyclic amines) is 1. The summed E-state index contributed by atoms with van der Waals surface area (Å²) in [6.45, 7) is 11.2. The summed E-state index contributed by atoms with van der Waals surface area (Å²) in [5, 5.41) is 13.3. The maximum absolute atomic E-state index is 13.3. The van der Waals surface area contributed by atoms with E-state index in [1.165, 1.54) is 4.90 Å². The minimum absolute atomic E-state index is 0.0576. The van der Waals surface area contributed by atoms with Crippen molar-refractivity contribution in [3.8, 4) is 0 Å². The first-order chi connectivity index (χ1) is 14.4. The predicted octanol–water partition coefficient (Wildman–Crippen LogP) is 1.45. The summed E-state index contributed by atoms with van der Waals surface area (Å²) in [6, 6.07) is 14.2. The first-order valence-electron chi connectivity index (χ1n) is 10.6. The largest absolute Gasteiger partial charge is 0.872 e. The topological polar surface area (TPSA) is 64.9 Å². The van der Waals surface area contributed by atoms with Gasteiger partial charge in [0.2, 0.25) is 5.78 Å². The normalized spacial score (nSPS) is 18.4. The van der Waals surface area contributed by atoms with E-state index in [0.717, 1.165) is 36.3 Å². The zero-order valence-corrected chi connectivity index (χ0v) is 18.2. The van der Waals surface area contributed by atoms with E-state index in [1.807, 2.05) is 50.2 Å². The molecule has 0 aromatic heterocycles. The summed E-state index contributed by atoms with van der Waals surface area (Å²) in [7, 11) is 0. The lowest BCUT2D eigenvalue weighted by Crippen LogP contribution is -3.12. The summed E-state index contributed by atoms with van der Waals surface area (Å²) >= 11 is 0. The number of Topliss-reactive ketones (excluding diaryl/α,β-unsaturated/α-hetero) is 1. The van der Waals surface area contributed by atoms with Gasteiger partial charge in [-0.15, -0.1) is 0 Å². The number of carbonyl (C=O) groups excluding carboxylic acids is 2. The number of ketones is 1. The molecule has 0 spiro atoms. The van der Waals surface area contributed by atoms with Crippen molar-refractivity contribution in [1.82, 2.24) is 4.90 Å². The number of quaternary nitrogens is 1. The third-order valence-electron chi connectivity index (χ3n) is 5.94. The molecule has 1 heterocycles. The van der Waals surface area contributed by atoms with Crippen LogP contribution < -0.4 is 10.0 Å². The van der Waals surface area contributed by atoms with Gasteiger partial charge in [0.05, 0.1) is 32.2 Å². The molecular weight excluding hydrogens is 376 g/mol. The zero-order valence-electron chi connectivity index (χ0n) is 18.2. The number of benzene rings is 2. The second kappa shape index (κ2) is 9.26. The summed E-state index contributed by atoms with van der Waals surface area (Å²) in [6.07, 6.45) is 0. The predicted molar refractivity (Wildman–Crippen MR) is 116 cm³/mol. The Hall–Kier alpha value is -2.92. The van der Waals surface area contributed by atoms with Gasteiger partial charge in [-0.05, 0) is 38.8 Å². The lowest BCUT2D eigenvalue weighted by Gasteiger charge is -2.28. The van der Waals surface area contributed by atoms with Crippen LogP contribution in [0.5, 0.6) is 0 Å². The minimum Gasteiger partial charge on any atom is -0.872 e. The fourth-order valence-electron chi connectivity index (χ4n) is 3.94. The molecule has 0 saturated carbocycles. The lowest BCUT2D eigenvalue weighted by molar-refractivity contribution is -0.895. The molecule has 1 aliphatic rings. The zero-order chi connectivity index (χ0) is 21.8. The van der Waals surface area contributed by atoms with Crippen LogP contribution in [0.2, 0.25) is 0 Å². The van der Waals surface area contributed by atoms with E-state index in [9.17, 15) is 14.7 Å². The minimum atomic E-state index is -0.680. The van der Waals surface area contributed by atoms with Gasteiger partial charge >= 0.3 is 0 Å². The van der Waals surface area contributed by atoms with Crippen molar-refractivity contribution in [2.45, 2.75) is 33.7 Å². The Kier molecular flexibility index (Phi) is 6.73. The van der Waals surface area contributed by atoms with Crippen molar-refractivity contribution in [1.29, 1.82) is 0 Å². The molecule has 5 heteroatoms. The molecule has 0 bridgehead atoms. The molecule has 2 aromatic carbocycles. The fourth-order valence-corrected chi connectivity index (χ4v) is 3.94. The summed E-state index contributed by atoms with van der Waals surface area (Å²) < 4.78 is 0. The number of nitrogens with zero attached hydrogens (tertiary/aromatic N) is 1. The summed E-state index contributed by atoms with van der Waals surface area (Å²) in [5.74, 6) is -1.63. The third-order valence-corrected chi connectivity index (χ3v) is 5.94. The monoisotopic (exact) mass is 406 g/mol. The number of aryl methyl sites for hydroxylation is 2. The van der Waals surface area contributed by atoms with Crippen molar-refractivity contribution in [3.05, 3.63) is 76.4 Å². The number of hydrogen-bond acceptors (Lipinski definition) is 3. The van der Waals surface area contributed by atoms with Gasteiger partial charge in [0.1, 0.15) is 0 Å². The number of carbonyl (C=O) groups is 2. The Morgan fingerprint density at radius 1 is 0.933 bits per heavy atom. The maximum atomic E-state index is 13.3. The van der Waals surface area contributed by atoms with Crippen LogP contribution >= 0.6 is 0 Å². The van der Waals surface area contributed by atoms with Crippen LogP contribution in [-0.2, 0) is 9.59 Å². The van der Waals surface area contributed by atoms with E-state index in [2.05, 4.69) is 13.8 Å². The molecule has 5 nitrogen and oxygen atoms in total. The summed E-state index contributed by atoms with van der Waals surface area (Å²) in [5.41, 5.74) is 3.40. The molecule has 1 N–H and O–H groups in total. The van der Waals surface area contributed by atoms with E-state index in [0.29, 0.717) is 12.1 Å². The molecular formula is C25H30N2O3. The van der Waals surface area contributed by atoms with Gasteiger partial charge in [0, 0.05) is 5.57 Å². The van der Waals surface area contributed by atoms with Gasteiger partial charge in [-0.1, -0.05) is 65.4 Å². The smallest absolute Gasteiger partial charge is 0.295 e. The second-order valence-corrected chi connectivity index (χ2v) is 7.96. The quantitative estimate of drug-likeness (QED) is 0.430. The van der Waals surface area contributed by atoms with Gasteiger partial charge in [-0.3, -0.25) is 9.59 Å². The summed E-state index contributed by atoms with van der Waals surface area (Å²) in [4.78, 5) is 28.8. The molecule has 1 saturated heterocycles. The molecule has 1 unspecified atom stereocenters. The average molecular weight is 407 g/mol. The van der Waals surface area contributed by atoms with Crippen LogP contribution in [0.15, 0.2) is 54.1 Å². The molecule has 0 aliphatic carbocycles. The van der Waals surface area contributed by atoms with Gasteiger partial charge < -0.3 is 14.9 Å². The van der Waals surface area contributed by atoms with E-state index in [4.69, 9.17) is 0 Å². The van der Waals surface area contributed by atoms with Crippen LogP contribution in [0, 0.1) is 13.8 Å². The number of hydrogen-bond donors (Lipinski definition) is 1. The molecule has 158 valence electrons. The van der Waals surface area contributed by atoms with Gasteiger partial charge in [0.15, 0.2) is 0 Å². The van der Waals surface area contributed by atoms with Crippen LogP contribution in [0.1, 0.15) is 42.1 Å². The molecule has 1 atom stereocenters. The highest BCUT2D eigenvalue weighted by molar-refractivity contribution is 6.46. The van der Waals surface area contributed by atoms with Crippen LogP contribution in [0.4, 0.5) is 0 Å². The Labute approximate surface area is 178 Å². The van der Waals surface area contributed by atoms with Crippen molar-refractivity contribution >= 4 is 17.4 Å². The fraction of sp³-hybridized carbons (Fsp3) is 0.360. The number of amides is 1. The van der Waals surface area contributed by atoms with E-state index < -0.39 is 17.7 Å². The van der Waals surface area contributed by atoms with Crippen molar-refractivity contribution in [2.24, 2.45) is 0 Å². The first kappa shape index (κ1) is 21.8. The average Bonchev–Trinajstić information content (AvgIpc) is 3.00. The molecule has 1 aliphatic heterocycles. The molecule has 0 radical (unpaired) electrons. The highest BCUT2D eigenvalue weighted by Gasteiger charge is 2.44. The van der Waals surface area contributed by atoms with Crippen LogP contribution in [0.25, 0.3) is 5.76 Å². The molecule has 1 fully saturated rings. The van der Waals surface area contributed by atoms with Crippen LogP contribution in [0.3, 0.4) is 0 Å². The van der Waals surface area contributed by atoms with E-state index in [1.54, 1.807) is 17.0 Å². The van der Waals surface area contributed by atoms with Crippen molar-refractivity contribution in [3.63, 3.8) is 0 Å². The maximum Gasteiger partial charge on any atom is 0.295 e. The Balaban J connectivity index is 2.08. The third kappa shape index (κ3) is 4.31. The Morgan fingerprint density at radius 2 is 1.47 bits per heavy atom. The molecule has 1 amide bonds. The molecule has 2 aromatic rings. The lowest BCUT2D eigenvalue weighted by atomic mass is 9.94. The molecule has 30 heavy (non-hydrogen) atoms.